The van der Waals surface area contributed by atoms with Crippen LogP contribution in [-0.2, 0) is 37.3 Å². The van der Waals surface area contributed by atoms with Crippen molar-refractivity contribution in [1.82, 2.24) is 0 Å². The van der Waals surface area contributed by atoms with Crippen LogP contribution in [0.4, 0.5) is 0 Å². The van der Waals surface area contributed by atoms with Crippen LogP contribution in [0.15, 0.2) is 60.7 Å². The molecule has 30 heavy (non-hydrogen) atoms. The Labute approximate surface area is 175 Å². The first-order valence-electron chi connectivity index (χ1n) is 9.09. The highest BCUT2D eigenvalue weighted by Crippen LogP contribution is 2.51. The Hall–Kier alpha value is -1.74. The molecular weight excluding hydrogens is 438 g/mol. The normalized spacial score (nSPS) is 15.1. The van der Waals surface area contributed by atoms with Crippen molar-refractivity contribution in [2.24, 2.45) is 0 Å². The number of phosphoric ester groups is 2. The number of phosphoric acid groups is 2. The Morgan fingerprint density at radius 2 is 1.00 bits per heavy atom. The molecule has 0 saturated heterocycles. The Kier molecular flexibility index (Phi) is 10.5. The molecule has 0 aliphatic carbocycles. The van der Waals surface area contributed by atoms with Gasteiger partial charge in [0.1, 0.15) is 11.5 Å². The maximum Gasteiger partial charge on any atom is 0.557 e. The second kappa shape index (κ2) is 12.8. The molecule has 0 spiro atoms. The smallest absolute Gasteiger partial charge is 0.403 e. The fourth-order valence-corrected chi connectivity index (χ4v) is 3.96. The standard InChI is InChI=1S/C18H24O10P2/c1-3-21-27-29(19,25-17-11-7-5-8-12-17)23-15-16-24-30(20,28-22-4-2)26-18-13-9-6-10-14-18/h5-14H,3-4,15-16H2,1-2H3. The van der Waals surface area contributed by atoms with Crippen LogP contribution < -0.4 is 9.05 Å². The fraction of sp³-hybridized carbons (Fsp3) is 0.333. The predicted molar refractivity (Wildman–Crippen MR) is 107 cm³/mol. The molecule has 0 radical (unpaired) electrons. The highest BCUT2D eigenvalue weighted by molar-refractivity contribution is 7.49. The topological polar surface area (TPSA) is 108 Å². The summed E-state index contributed by atoms with van der Waals surface area (Å²) in [4.78, 5) is 9.45. The van der Waals surface area contributed by atoms with Crippen molar-refractivity contribution in [3.63, 3.8) is 0 Å². The van der Waals surface area contributed by atoms with E-state index in [0.717, 1.165) is 0 Å². The SMILES string of the molecule is CCOOP(=O)(OCCOP(=O)(OOCC)Oc1ccccc1)Oc1ccccc1. The van der Waals surface area contributed by atoms with Crippen molar-refractivity contribution >= 4 is 15.6 Å². The van der Waals surface area contributed by atoms with Gasteiger partial charge in [-0.1, -0.05) is 36.4 Å². The van der Waals surface area contributed by atoms with Crippen LogP contribution in [0, 0.1) is 0 Å². The van der Waals surface area contributed by atoms with Gasteiger partial charge in [0.25, 0.3) is 0 Å². The van der Waals surface area contributed by atoms with Gasteiger partial charge in [-0.15, -0.1) is 9.35 Å². The predicted octanol–water partition coefficient (Wildman–Crippen LogP) is 5.33. The van der Waals surface area contributed by atoms with Gasteiger partial charge in [0.05, 0.1) is 26.4 Å². The van der Waals surface area contributed by atoms with Crippen molar-refractivity contribution in [2.75, 3.05) is 26.4 Å². The molecule has 0 aliphatic rings. The number of para-hydroxylation sites is 2. The van der Waals surface area contributed by atoms with Gasteiger partial charge in [0.15, 0.2) is 0 Å². The lowest BCUT2D eigenvalue weighted by atomic mass is 10.3. The van der Waals surface area contributed by atoms with Crippen LogP contribution in [-0.4, -0.2) is 26.4 Å². The lowest BCUT2D eigenvalue weighted by molar-refractivity contribution is -0.221. The molecule has 2 rings (SSSR count). The zero-order chi connectivity index (χ0) is 21.7. The molecule has 2 unspecified atom stereocenters. The molecule has 0 heterocycles. The summed E-state index contributed by atoms with van der Waals surface area (Å²) in [6.07, 6.45) is 0. The van der Waals surface area contributed by atoms with Crippen LogP contribution in [0.25, 0.3) is 0 Å². The van der Waals surface area contributed by atoms with Crippen molar-refractivity contribution in [3.8, 4) is 11.5 Å². The van der Waals surface area contributed by atoms with Crippen molar-refractivity contribution in [3.05, 3.63) is 60.7 Å². The highest BCUT2D eigenvalue weighted by atomic mass is 31.2. The van der Waals surface area contributed by atoms with Gasteiger partial charge in [-0.05, 0) is 38.1 Å². The number of rotatable bonds is 15. The van der Waals surface area contributed by atoms with Crippen molar-refractivity contribution < 1.29 is 46.3 Å². The van der Waals surface area contributed by atoms with E-state index < -0.39 is 15.6 Å². The monoisotopic (exact) mass is 462 g/mol. The summed E-state index contributed by atoms with van der Waals surface area (Å²) in [5.74, 6) is 0.499. The van der Waals surface area contributed by atoms with Crippen LogP contribution in [0.3, 0.4) is 0 Å². The lowest BCUT2D eigenvalue weighted by Crippen LogP contribution is -2.10. The van der Waals surface area contributed by atoms with Crippen LogP contribution in [0.2, 0.25) is 0 Å². The summed E-state index contributed by atoms with van der Waals surface area (Å²) in [6.45, 7) is 2.83. The van der Waals surface area contributed by atoms with E-state index in [9.17, 15) is 9.13 Å². The molecule has 0 N–H and O–H groups in total. The average molecular weight is 462 g/mol. The first-order valence-corrected chi connectivity index (χ1v) is 12.0. The summed E-state index contributed by atoms with van der Waals surface area (Å²) in [6, 6.07) is 16.5. The molecule has 10 nitrogen and oxygen atoms in total. The zero-order valence-corrected chi connectivity index (χ0v) is 18.4. The third kappa shape index (κ3) is 8.95. The van der Waals surface area contributed by atoms with Crippen LogP contribution >= 0.6 is 15.6 Å². The van der Waals surface area contributed by atoms with E-state index in [0.29, 0.717) is 0 Å². The summed E-state index contributed by atoms with van der Waals surface area (Å²) in [7, 11) is -8.26. The average Bonchev–Trinajstić information content (AvgIpc) is 2.76. The van der Waals surface area contributed by atoms with Crippen molar-refractivity contribution in [1.29, 1.82) is 0 Å². The molecule has 0 amide bonds. The molecule has 2 atom stereocenters. The maximum absolute atomic E-state index is 12.7. The van der Waals surface area contributed by atoms with Crippen LogP contribution in [0.5, 0.6) is 11.5 Å². The molecule has 166 valence electrons. The molecule has 0 bridgehead atoms. The van der Waals surface area contributed by atoms with Crippen molar-refractivity contribution in [2.45, 2.75) is 13.8 Å². The first-order chi connectivity index (χ1) is 14.5. The molecule has 0 fully saturated rings. The molecule has 0 aliphatic heterocycles. The largest absolute Gasteiger partial charge is 0.557 e. The van der Waals surface area contributed by atoms with E-state index in [4.69, 9.17) is 37.2 Å². The minimum Gasteiger partial charge on any atom is -0.403 e. The van der Waals surface area contributed by atoms with Gasteiger partial charge in [-0.25, -0.2) is 18.9 Å². The van der Waals surface area contributed by atoms with E-state index in [1.807, 2.05) is 0 Å². The second-order valence-corrected chi connectivity index (χ2v) is 8.30. The molecule has 0 saturated carbocycles. The maximum atomic E-state index is 12.7. The molecule has 2 aromatic carbocycles. The zero-order valence-electron chi connectivity index (χ0n) is 16.6. The number of benzene rings is 2. The summed E-state index contributed by atoms with van der Waals surface area (Å²) < 4.78 is 55.9. The fourth-order valence-electron chi connectivity index (χ4n) is 1.88. The third-order valence-electron chi connectivity index (χ3n) is 3.03. The van der Waals surface area contributed by atoms with E-state index in [1.165, 1.54) is 0 Å². The van der Waals surface area contributed by atoms with E-state index in [1.54, 1.807) is 74.5 Å². The van der Waals surface area contributed by atoms with Gasteiger partial charge in [-0.3, -0.25) is 9.05 Å². The van der Waals surface area contributed by atoms with Gasteiger partial charge in [-0.2, -0.15) is 0 Å². The Balaban J connectivity index is 1.94. The highest BCUT2D eigenvalue weighted by Gasteiger charge is 2.33. The van der Waals surface area contributed by atoms with Gasteiger partial charge in [0.2, 0.25) is 0 Å². The summed E-state index contributed by atoms with van der Waals surface area (Å²) in [5.41, 5.74) is 0. The number of hydrogen-bond acceptors (Lipinski definition) is 10. The van der Waals surface area contributed by atoms with Gasteiger partial charge in [0, 0.05) is 0 Å². The Bertz CT molecular complexity index is 749. The van der Waals surface area contributed by atoms with E-state index in [2.05, 4.69) is 0 Å². The quantitative estimate of drug-likeness (QED) is 0.149. The Morgan fingerprint density at radius 3 is 1.33 bits per heavy atom. The summed E-state index contributed by atoms with van der Waals surface area (Å²) >= 11 is 0. The number of hydrogen-bond donors (Lipinski definition) is 0. The molecule has 12 heteroatoms. The third-order valence-corrected chi connectivity index (χ3v) is 5.47. The Morgan fingerprint density at radius 1 is 0.633 bits per heavy atom. The molecular formula is C18H24O10P2. The molecule has 2 aromatic rings. The second-order valence-electron chi connectivity index (χ2n) is 5.33. The minimum atomic E-state index is -4.13. The van der Waals surface area contributed by atoms with E-state index >= 15 is 0 Å². The summed E-state index contributed by atoms with van der Waals surface area (Å²) in [5, 5.41) is 0. The lowest BCUT2D eigenvalue weighted by Gasteiger charge is -2.19. The van der Waals surface area contributed by atoms with E-state index in [-0.39, 0.29) is 37.9 Å². The van der Waals surface area contributed by atoms with Gasteiger partial charge >= 0.3 is 15.6 Å². The minimum absolute atomic E-state index is 0.115. The van der Waals surface area contributed by atoms with Crippen LogP contribution in [0.1, 0.15) is 13.8 Å². The first kappa shape index (κ1) is 24.5. The van der Waals surface area contributed by atoms with Gasteiger partial charge < -0.3 is 9.05 Å². The molecule has 0 aromatic heterocycles.